The van der Waals surface area contributed by atoms with E-state index in [2.05, 4.69) is 10.5 Å². The zero-order valence-corrected chi connectivity index (χ0v) is 21.2. The fourth-order valence-electron chi connectivity index (χ4n) is 4.07. The first kappa shape index (κ1) is 26.2. The molecule has 190 valence electrons. The van der Waals surface area contributed by atoms with Crippen LogP contribution in [0.3, 0.4) is 0 Å². The van der Waals surface area contributed by atoms with E-state index < -0.39 is 5.91 Å². The van der Waals surface area contributed by atoms with Crippen LogP contribution in [0.5, 0.6) is 5.75 Å². The van der Waals surface area contributed by atoms with Crippen LogP contribution in [0.15, 0.2) is 28.8 Å². The zero-order valence-electron chi connectivity index (χ0n) is 21.2. The molecule has 0 bridgehead atoms. The van der Waals surface area contributed by atoms with E-state index >= 15 is 0 Å². The molecule has 1 aromatic carbocycles. The highest BCUT2D eigenvalue weighted by atomic mass is 16.5. The molecule has 3 amide bonds. The number of hydrogen-bond acceptors (Lipinski definition) is 7. The van der Waals surface area contributed by atoms with Crippen molar-refractivity contribution in [2.45, 2.75) is 46.3 Å². The van der Waals surface area contributed by atoms with Crippen LogP contribution in [0.1, 0.15) is 53.8 Å². The largest absolute Gasteiger partial charge is 0.491 e. The van der Waals surface area contributed by atoms with Gasteiger partial charge in [0.2, 0.25) is 5.91 Å². The smallest absolute Gasteiger partial charge is 0.277 e. The monoisotopic (exact) mass is 486 g/mol. The number of hydrogen-bond donors (Lipinski definition) is 1. The van der Waals surface area contributed by atoms with Gasteiger partial charge in [-0.25, -0.2) is 0 Å². The van der Waals surface area contributed by atoms with Gasteiger partial charge in [-0.15, -0.1) is 0 Å². The first-order chi connectivity index (χ1) is 16.6. The Hall–Kier alpha value is -3.40. The summed E-state index contributed by atoms with van der Waals surface area (Å²) in [6, 6.07) is 6.20. The first-order valence-electron chi connectivity index (χ1n) is 11.7. The van der Waals surface area contributed by atoms with Crippen molar-refractivity contribution in [2.75, 3.05) is 39.2 Å². The fraction of sp³-hybridized carbons (Fsp3) is 0.520. The molecule has 0 spiro atoms. The average molecular weight is 487 g/mol. The van der Waals surface area contributed by atoms with E-state index in [-0.39, 0.29) is 42.2 Å². The molecule has 2 heterocycles. The molecule has 1 N–H and O–H groups in total. The fourth-order valence-corrected chi connectivity index (χ4v) is 4.07. The molecule has 0 saturated heterocycles. The second-order valence-corrected chi connectivity index (χ2v) is 8.98. The maximum absolute atomic E-state index is 13.4. The zero-order chi connectivity index (χ0) is 25.7. The summed E-state index contributed by atoms with van der Waals surface area (Å²) < 4.78 is 16.7. The standard InChI is InChI=1S/C25H34N4O6/c1-7-23(30)29-12-15(2)22(33-6)13-28(5)25(32)19-11-18(8-9-21(19)34-14-16(29)3)26-24(31)20-10-17(4)35-27-20/h8-11,15-16,22H,7,12-14H2,1-6H3,(H,26,31)/t15-,16-,22+/m1/s1. The summed E-state index contributed by atoms with van der Waals surface area (Å²) in [5, 5.41) is 6.47. The molecule has 1 aromatic heterocycles. The average Bonchev–Trinajstić information content (AvgIpc) is 3.29. The number of aromatic nitrogens is 1. The molecular weight excluding hydrogens is 452 g/mol. The van der Waals surface area contributed by atoms with Crippen molar-refractivity contribution in [3.63, 3.8) is 0 Å². The lowest BCUT2D eigenvalue weighted by atomic mass is 10.0. The Morgan fingerprint density at radius 3 is 2.60 bits per heavy atom. The molecule has 35 heavy (non-hydrogen) atoms. The molecule has 2 aromatic rings. The van der Waals surface area contributed by atoms with E-state index in [1.165, 1.54) is 6.07 Å². The van der Waals surface area contributed by atoms with Gasteiger partial charge in [-0.05, 0) is 32.0 Å². The van der Waals surface area contributed by atoms with Crippen LogP contribution in [0.2, 0.25) is 0 Å². The minimum Gasteiger partial charge on any atom is -0.491 e. The van der Waals surface area contributed by atoms with Crippen molar-refractivity contribution in [1.82, 2.24) is 15.0 Å². The highest BCUT2D eigenvalue weighted by Gasteiger charge is 2.30. The van der Waals surface area contributed by atoms with E-state index in [1.54, 1.807) is 44.2 Å². The van der Waals surface area contributed by atoms with Crippen molar-refractivity contribution in [2.24, 2.45) is 5.92 Å². The van der Waals surface area contributed by atoms with Crippen LogP contribution >= 0.6 is 0 Å². The number of anilines is 1. The van der Waals surface area contributed by atoms with Crippen LogP contribution in [0.4, 0.5) is 5.69 Å². The maximum atomic E-state index is 13.4. The molecule has 10 heteroatoms. The van der Waals surface area contributed by atoms with Crippen LogP contribution in [0, 0.1) is 12.8 Å². The van der Waals surface area contributed by atoms with E-state index in [0.29, 0.717) is 42.3 Å². The summed E-state index contributed by atoms with van der Waals surface area (Å²) in [7, 11) is 3.30. The third-order valence-corrected chi connectivity index (χ3v) is 6.19. The molecule has 10 nitrogen and oxygen atoms in total. The van der Waals surface area contributed by atoms with Gasteiger partial charge >= 0.3 is 0 Å². The van der Waals surface area contributed by atoms with E-state index in [0.717, 1.165) is 0 Å². The Balaban J connectivity index is 1.94. The summed E-state index contributed by atoms with van der Waals surface area (Å²) in [5.41, 5.74) is 0.853. The lowest BCUT2D eigenvalue weighted by Gasteiger charge is -2.36. The third-order valence-electron chi connectivity index (χ3n) is 6.19. The van der Waals surface area contributed by atoms with Gasteiger partial charge in [0.25, 0.3) is 11.8 Å². The number of ether oxygens (including phenoxy) is 2. The summed E-state index contributed by atoms with van der Waals surface area (Å²) in [4.78, 5) is 42.0. The number of likely N-dealkylation sites (N-methyl/N-ethyl adjacent to an activating group) is 1. The summed E-state index contributed by atoms with van der Waals surface area (Å²) in [6.07, 6.45) is 0.114. The molecular formula is C25H34N4O6. The Morgan fingerprint density at radius 1 is 1.23 bits per heavy atom. The Labute approximate surface area is 205 Å². The first-order valence-corrected chi connectivity index (χ1v) is 11.7. The van der Waals surface area contributed by atoms with Gasteiger partial charge in [0.05, 0.1) is 17.7 Å². The summed E-state index contributed by atoms with van der Waals surface area (Å²) >= 11 is 0. The number of amides is 3. The second-order valence-electron chi connectivity index (χ2n) is 8.98. The minimum atomic E-state index is -0.452. The molecule has 1 aliphatic heterocycles. The predicted molar refractivity (Wildman–Crippen MR) is 130 cm³/mol. The number of methoxy groups -OCH3 is 1. The lowest BCUT2D eigenvalue weighted by molar-refractivity contribution is -0.135. The van der Waals surface area contributed by atoms with Crippen LogP contribution in [-0.2, 0) is 9.53 Å². The number of carbonyl (C=O) groups excluding carboxylic acids is 3. The quantitative estimate of drug-likeness (QED) is 0.707. The second kappa shape index (κ2) is 11.4. The Bertz CT molecular complexity index is 1070. The van der Waals surface area contributed by atoms with Crippen LogP contribution in [-0.4, -0.2) is 78.7 Å². The molecule has 3 rings (SSSR count). The summed E-state index contributed by atoms with van der Waals surface area (Å²) in [5.74, 6) is 0.193. The Morgan fingerprint density at radius 2 is 1.97 bits per heavy atom. The molecule has 0 fully saturated rings. The van der Waals surface area contributed by atoms with Crippen LogP contribution in [0.25, 0.3) is 0 Å². The molecule has 0 radical (unpaired) electrons. The number of nitrogens with one attached hydrogen (secondary N) is 1. The van der Waals surface area contributed by atoms with Crippen molar-refractivity contribution in [1.29, 1.82) is 0 Å². The number of nitrogens with zero attached hydrogens (tertiary/aromatic N) is 3. The van der Waals surface area contributed by atoms with E-state index in [1.807, 2.05) is 25.7 Å². The van der Waals surface area contributed by atoms with Crippen molar-refractivity contribution in [3.05, 3.63) is 41.3 Å². The highest BCUT2D eigenvalue weighted by Crippen LogP contribution is 2.27. The minimum absolute atomic E-state index is 0.0105. The van der Waals surface area contributed by atoms with Gasteiger partial charge in [0, 0.05) is 51.3 Å². The topological polar surface area (TPSA) is 114 Å². The van der Waals surface area contributed by atoms with Crippen molar-refractivity contribution in [3.8, 4) is 5.75 Å². The molecule has 1 aliphatic rings. The van der Waals surface area contributed by atoms with E-state index in [9.17, 15) is 14.4 Å². The number of aryl methyl sites for hydroxylation is 1. The molecule has 0 saturated carbocycles. The van der Waals surface area contributed by atoms with Gasteiger partial charge in [0.15, 0.2) is 5.69 Å². The van der Waals surface area contributed by atoms with Gasteiger partial charge in [0.1, 0.15) is 18.1 Å². The normalized spacial score (nSPS) is 21.4. The third kappa shape index (κ3) is 6.19. The van der Waals surface area contributed by atoms with Crippen LogP contribution < -0.4 is 10.1 Å². The van der Waals surface area contributed by atoms with Gasteiger partial charge in [-0.3, -0.25) is 14.4 Å². The number of rotatable bonds is 4. The maximum Gasteiger partial charge on any atom is 0.277 e. The highest BCUT2D eigenvalue weighted by molar-refractivity contribution is 6.04. The van der Waals surface area contributed by atoms with Crippen molar-refractivity contribution >= 4 is 23.4 Å². The number of carbonyl (C=O) groups is 3. The predicted octanol–water partition coefficient (Wildman–Crippen LogP) is 2.98. The number of fused-ring (bicyclic) bond motifs is 1. The van der Waals surface area contributed by atoms with Crippen molar-refractivity contribution < 1.29 is 28.4 Å². The summed E-state index contributed by atoms with van der Waals surface area (Å²) in [6.45, 7) is 8.50. The molecule has 0 unspecified atom stereocenters. The van der Waals surface area contributed by atoms with E-state index in [4.69, 9.17) is 14.0 Å². The molecule has 3 atom stereocenters. The Kier molecular flexibility index (Phi) is 8.50. The van der Waals surface area contributed by atoms with Gasteiger partial charge in [-0.2, -0.15) is 0 Å². The SMILES string of the molecule is CCC(=O)N1C[C@@H](C)[C@@H](OC)CN(C)C(=O)c2cc(NC(=O)c3cc(C)on3)ccc2OC[C@H]1C. The molecule has 0 aliphatic carbocycles. The van der Waals surface area contributed by atoms with Gasteiger partial charge in [-0.1, -0.05) is 19.0 Å². The lowest BCUT2D eigenvalue weighted by Crippen LogP contribution is -2.48. The number of benzene rings is 1. The van der Waals surface area contributed by atoms with Gasteiger partial charge < -0.3 is 29.1 Å².